The van der Waals surface area contributed by atoms with E-state index in [0.717, 1.165) is 12.1 Å². The molecule has 2 N–H and O–H groups in total. The van der Waals surface area contributed by atoms with Crippen LogP contribution in [0.3, 0.4) is 0 Å². The first-order chi connectivity index (χ1) is 20.7. The Morgan fingerprint density at radius 2 is 1.77 bits per heavy atom. The van der Waals surface area contributed by atoms with E-state index in [0.29, 0.717) is 41.5 Å². The molecule has 1 amide bonds. The molecular formula is C31H35ClF3N3O5S. The van der Waals surface area contributed by atoms with Gasteiger partial charge in [-0.05, 0) is 74.1 Å². The molecular weight excluding hydrogens is 619 g/mol. The summed E-state index contributed by atoms with van der Waals surface area (Å²) in [6.45, 7) is 4.46. The third kappa shape index (κ3) is 8.44. The number of alkyl halides is 3. The Morgan fingerprint density at radius 1 is 1.11 bits per heavy atom. The standard InChI is InChI=1S/C31H35ClF3N3O5S/c1-20-16-38(21(2)19-39)30(40)15-23-14-26(36-44(41,42)27-11-8-25(32)9-12-27)10-13-28(23)43-29(20)18-37(3)17-22-4-6-24(7-5-22)31(33,34)35/h4-14,20-21,29,36,39H,15-19H2,1-3H3/t20-,21-,29-/m1/s1. The first-order valence-electron chi connectivity index (χ1n) is 14.0. The number of carbonyl (C=O) groups excluding carboxylic acids is 1. The zero-order valence-electron chi connectivity index (χ0n) is 24.5. The maximum absolute atomic E-state index is 13.5. The number of nitrogens with one attached hydrogen (secondary N) is 1. The fourth-order valence-corrected chi connectivity index (χ4v) is 6.20. The van der Waals surface area contributed by atoms with Crippen LogP contribution < -0.4 is 9.46 Å². The van der Waals surface area contributed by atoms with Crippen molar-refractivity contribution in [2.75, 3.05) is 31.5 Å². The van der Waals surface area contributed by atoms with Gasteiger partial charge in [-0.2, -0.15) is 13.2 Å². The minimum absolute atomic E-state index is 0.0192. The van der Waals surface area contributed by atoms with E-state index in [2.05, 4.69) is 4.72 Å². The number of ether oxygens (including phenoxy) is 1. The predicted molar refractivity (Wildman–Crippen MR) is 162 cm³/mol. The largest absolute Gasteiger partial charge is 0.488 e. The minimum Gasteiger partial charge on any atom is -0.488 e. The van der Waals surface area contributed by atoms with Crippen LogP contribution in [0.15, 0.2) is 71.6 Å². The Balaban J connectivity index is 1.60. The van der Waals surface area contributed by atoms with Gasteiger partial charge in [0.05, 0.1) is 29.5 Å². The van der Waals surface area contributed by atoms with Crippen molar-refractivity contribution in [1.29, 1.82) is 0 Å². The highest BCUT2D eigenvalue weighted by atomic mass is 35.5. The number of carbonyl (C=O) groups is 1. The summed E-state index contributed by atoms with van der Waals surface area (Å²) in [7, 11) is -2.12. The van der Waals surface area contributed by atoms with Crippen molar-refractivity contribution in [1.82, 2.24) is 9.80 Å². The Hall–Kier alpha value is -3.32. The number of sulfonamides is 1. The molecule has 0 bridgehead atoms. The van der Waals surface area contributed by atoms with E-state index in [9.17, 15) is 31.5 Å². The predicted octanol–water partition coefficient (Wildman–Crippen LogP) is 5.44. The highest BCUT2D eigenvalue weighted by molar-refractivity contribution is 7.92. The van der Waals surface area contributed by atoms with Gasteiger partial charge in [0.25, 0.3) is 10.0 Å². The monoisotopic (exact) mass is 653 g/mol. The van der Waals surface area contributed by atoms with Crippen LogP contribution >= 0.6 is 11.6 Å². The molecule has 0 spiro atoms. The molecule has 44 heavy (non-hydrogen) atoms. The zero-order chi connectivity index (χ0) is 32.2. The molecule has 0 unspecified atom stereocenters. The number of likely N-dealkylation sites (N-methyl/N-ethyl adjacent to an activating group) is 1. The summed E-state index contributed by atoms with van der Waals surface area (Å²) in [5, 5.41) is 10.3. The highest BCUT2D eigenvalue weighted by Crippen LogP contribution is 2.31. The van der Waals surface area contributed by atoms with Crippen molar-refractivity contribution in [3.05, 3.63) is 88.4 Å². The van der Waals surface area contributed by atoms with E-state index in [1.54, 1.807) is 30.0 Å². The highest BCUT2D eigenvalue weighted by Gasteiger charge is 2.32. The number of nitrogens with zero attached hydrogens (tertiary/aromatic N) is 2. The molecule has 13 heteroatoms. The number of anilines is 1. The van der Waals surface area contributed by atoms with Gasteiger partial charge in [0.15, 0.2) is 0 Å². The lowest BCUT2D eigenvalue weighted by Gasteiger charge is -2.34. The lowest BCUT2D eigenvalue weighted by molar-refractivity contribution is -0.137. The van der Waals surface area contributed by atoms with Crippen LogP contribution in [0, 0.1) is 5.92 Å². The molecule has 0 aliphatic carbocycles. The average Bonchev–Trinajstić information content (AvgIpc) is 3.00. The Kier molecular flexibility index (Phi) is 10.5. The fraction of sp³-hybridized carbons (Fsp3) is 0.387. The van der Waals surface area contributed by atoms with Gasteiger partial charge in [-0.25, -0.2) is 8.42 Å². The SMILES string of the molecule is C[C@@H]1CN([C@H](C)CO)C(=O)Cc2cc(NS(=O)(=O)c3ccc(Cl)cc3)ccc2O[C@@H]1CN(C)Cc1ccc(C(F)(F)F)cc1. The van der Waals surface area contributed by atoms with Crippen LogP contribution in [0.4, 0.5) is 18.9 Å². The second kappa shape index (κ2) is 13.8. The number of aliphatic hydroxyl groups excluding tert-OH is 1. The van der Waals surface area contributed by atoms with Gasteiger partial charge >= 0.3 is 6.18 Å². The summed E-state index contributed by atoms with van der Waals surface area (Å²) < 4.78 is 74.0. The quantitative estimate of drug-likeness (QED) is 0.319. The number of aliphatic hydroxyl groups is 1. The summed E-state index contributed by atoms with van der Waals surface area (Å²) in [6, 6.07) is 15.0. The van der Waals surface area contributed by atoms with Gasteiger partial charge in [0.2, 0.25) is 5.91 Å². The van der Waals surface area contributed by atoms with Crippen molar-refractivity contribution in [2.45, 2.75) is 50.0 Å². The smallest absolute Gasteiger partial charge is 0.416 e. The number of amides is 1. The molecule has 0 saturated heterocycles. The number of rotatable bonds is 9. The van der Waals surface area contributed by atoms with Crippen LogP contribution in [-0.2, 0) is 34.0 Å². The Labute approximate surface area is 260 Å². The zero-order valence-corrected chi connectivity index (χ0v) is 26.1. The molecule has 3 aromatic carbocycles. The number of hydrogen-bond donors (Lipinski definition) is 2. The van der Waals surface area contributed by atoms with E-state index in [-0.39, 0.29) is 35.4 Å². The van der Waals surface area contributed by atoms with E-state index >= 15 is 0 Å². The van der Waals surface area contributed by atoms with Crippen molar-refractivity contribution in [2.24, 2.45) is 5.92 Å². The molecule has 0 saturated carbocycles. The summed E-state index contributed by atoms with van der Waals surface area (Å²) in [4.78, 5) is 17.0. The Morgan fingerprint density at radius 3 is 2.39 bits per heavy atom. The molecule has 3 aromatic rings. The molecule has 1 aliphatic heterocycles. The number of fused-ring (bicyclic) bond motifs is 1. The van der Waals surface area contributed by atoms with Crippen LogP contribution in [-0.4, -0.2) is 68.1 Å². The van der Waals surface area contributed by atoms with Gasteiger partial charge in [-0.15, -0.1) is 0 Å². The lowest BCUT2D eigenvalue weighted by atomic mass is 10.0. The Bertz CT molecular complexity index is 1550. The molecule has 1 heterocycles. The normalized spacial score (nSPS) is 18.6. The van der Waals surface area contributed by atoms with E-state index < -0.39 is 33.9 Å². The maximum atomic E-state index is 13.5. The van der Waals surface area contributed by atoms with Gasteiger partial charge in [0.1, 0.15) is 11.9 Å². The summed E-state index contributed by atoms with van der Waals surface area (Å²) in [6.07, 6.45) is -4.95. The maximum Gasteiger partial charge on any atom is 0.416 e. The average molecular weight is 654 g/mol. The number of hydrogen-bond acceptors (Lipinski definition) is 6. The van der Waals surface area contributed by atoms with Crippen molar-refractivity contribution in [3.63, 3.8) is 0 Å². The molecule has 0 radical (unpaired) electrons. The molecule has 0 aromatic heterocycles. The van der Waals surface area contributed by atoms with Crippen LogP contribution in [0.1, 0.15) is 30.5 Å². The topological polar surface area (TPSA) is 99.2 Å². The van der Waals surface area contributed by atoms with E-state index in [4.69, 9.17) is 16.3 Å². The summed E-state index contributed by atoms with van der Waals surface area (Å²) in [5.74, 6) is -0.0390. The van der Waals surface area contributed by atoms with Gasteiger partial charge in [-0.3, -0.25) is 14.4 Å². The molecule has 0 fully saturated rings. The third-order valence-electron chi connectivity index (χ3n) is 7.52. The lowest BCUT2D eigenvalue weighted by Crippen LogP contribution is -2.47. The molecule has 3 atom stereocenters. The molecule has 4 rings (SSSR count). The first kappa shape index (κ1) is 33.6. The number of benzene rings is 3. The van der Waals surface area contributed by atoms with E-state index in [1.165, 1.54) is 36.4 Å². The second-order valence-corrected chi connectivity index (χ2v) is 13.3. The summed E-state index contributed by atoms with van der Waals surface area (Å²) >= 11 is 5.89. The van der Waals surface area contributed by atoms with E-state index in [1.807, 2.05) is 18.9 Å². The number of halogens is 4. The molecule has 238 valence electrons. The second-order valence-electron chi connectivity index (χ2n) is 11.2. The molecule has 1 aliphatic rings. The van der Waals surface area contributed by atoms with Crippen LogP contribution in [0.2, 0.25) is 5.02 Å². The van der Waals surface area contributed by atoms with Gasteiger partial charge in [-0.1, -0.05) is 30.7 Å². The van der Waals surface area contributed by atoms with Crippen LogP contribution in [0.5, 0.6) is 5.75 Å². The summed E-state index contributed by atoms with van der Waals surface area (Å²) in [5.41, 5.74) is 0.678. The fourth-order valence-electron chi connectivity index (χ4n) is 5.02. The first-order valence-corrected chi connectivity index (χ1v) is 15.9. The van der Waals surface area contributed by atoms with Crippen molar-refractivity contribution < 1.29 is 36.2 Å². The van der Waals surface area contributed by atoms with Gasteiger partial charge < -0.3 is 14.7 Å². The third-order valence-corrected chi connectivity index (χ3v) is 9.17. The minimum atomic E-state index is -4.41. The molecule has 8 nitrogen and oxygen atoms in total. The van der Waals surface area contributed by atoms with Crippen LogP contribution in [0.25, 0.3) is 0 Å². The van der Waals surface area contributed by atoms with Gasteiger partial charge in [0, 0.05) is 41.8 Å². The van der Waals surface area contributed by atoms with Crippen molar-refractivity contribution in [3.8, 4) is 5.75 Å². The van der Waals surface area contributed by atoms with Crippen molar-refractivity contribution >= 4 is 33.2 Å².